The normalized spacial score (nSPS) is 16.6. The second kappa shape index (κ2) is 43.6. The Hall–Kier alpha value is -4.10. The van der Waals surface area contributed by atoms with Crippen molar-refractivity contribution in [3.05, 3.63) is 144 Å². The molecule has 2 aromatic rings. The summed E-state index contributed by atoms with van der Waals surface area (Å²) in [5.74, 6) is -1.32. The smallest absolute Gasteiger partial charge is 0.388 e. The zero-order valence-corrected chi connectivity index (χ0v) is 54.7. The number of allylic oxidation sites excluding steroid dienone is 6. The first-order chi connectivity index (χ1) is 36.9. The van der Waals surface area contributed by atoms with E-state index in [9.17, 15) is 14.4 Å². The van der Waals surface area contributed by atoms with E-state index in [2.05, 4.69) is 109 Å². The summed E-state index contributed by atoms with van der Waals surface area (Å²) in [5.41, 5.74) is 13.2. The molecule has 16 heteroatoms. The molecule has 0 radical (unpaired) electrons. The number of aldehydes is 2. The maximum atomic E-state index is 15.8. The Kier molecular flexibility index (Phi) is 42.5. The van der Waals surface area contributed by atoms with E-state index in [0.717, 1.165) is 99.9 Å². The Morgan fingerprint density at radius 3 is 2.06 bits per heavy atom. The predicted octanol–water partition coefficient (Wildman–Crippen LogP) is 7.42. The maximum Gasteiger partial charge on any atom is 1.00 e. The zero-order chi connectivity index (χ0) is 58.0. The minimum absolute atomic E-state index is 0. The van der Waals surface area contributed by atoms with Crippen LogP contribution in [-0.4, -0.2) is 156 Å². The predicted molar refractivity (Wildman–Crippen MR) is 325 cm³/mol. The van der Waals surface area contributed by atoms with Crippen LogP contribution >= 0.6 is 0 Å². The van der Waals surface area contributed by atoms with Crippen LogP contribution in [0.2, 0.25) is 0 Å². The molecule has 3 aliphatic rings. The monoisotopic (exact) mass is 1120 g/mol. The van der Waals surface area contributed by atoms with Crippen LogP contribution in [0.5, 0.6) is 0 Å². The number of piperazine rings is 1. The third-order valence-corrected chi connectivity index (χ3v) is 13.2. The average Bonchev–Trinajstić information content (AvgIpc) is 3.40. The van der Waals surface area contributed by atoms with Crippen molar-refractivity contribution in [1.29, 1.82) is 0 Å². The molecule has 0 spiro atoms. The van der Waals surface area contributed by atoms with Crippen molar-refractivity contribution in [3.8, 4) is 0 Å². The standard InChI is InChI=1S/C53H76F2N8O2.C4H7O.C2H4O.C2H6.CH5N.CH3.K/c1-11-21-59(10)51-30-44(13-12-39(51)3)36-61-27-28-63(41(5)35-61)37-43-15-25-62(26-16-43)53(65)47-32-49(54)52(50(55)33-47)45-18-23-60(24-19-45)34-38(2)29-40(4)46(17-22-58(8)9)31-48(56-7)14-20-57-42(6)64;1-2-3-4-5;1-2-3;2*1-2;;/h12-14,17-18,20,22,29-33,41,43,56H,11,15-16,19,21,23-28,34-37H2,1-10H3,(H,57,64);4H,1-3H2;2H,1H3;1-2H3;2H2,1H3;1H3;/q;-1;;;;-1;+1/b20-14-,22-17-,38-29+,46-40-,48-31+;;;;;;. The summed E-state index contributed by atoms with van der Waals surface area (Å²) in [6.45, 7) is 30.4. The van der Waals surface area contributed by atoms with Gasteiger partial charge in [-0.15, -0.1) is 0 Å². The molecule has 0 saturated carbocycles. The van der Waals surface area contributed by atoms with Crippen LogP contribution in [0.1, 0.15) is 121 Å². The number of piperidine rings is 1. The van der Waals surface area contributed by atoms with Crippen LogP contribution < -0.4 is 72.7 Å². The molecule has 2 fully saturated rings. The van der Waals surface area contributed by atoms with E-state index in [1.165, 1.54) is 49.8 Å². The number of aryl methyl sites for hydroxylation is 1. The van der Waals surface area contributed by atoms with E-state index in [1.54, 1.807) is 11.1 Å². The van der Waals surface area contributed by atoms with Gasteiger partial charge in [0.15, 0.2) is 0 Å². The number of anilines is 1. The third-order valence-electron chi connectivity index (χ3n) is 13.2. The third kappa shape index (κ3) is 28.4. The average molecular weight is 1130 g/mol. The number of unbranched alkanes of at least 4 members (excludes halogenated alkanes) is 1. The Morgan fingerprint density at radius 1 is 0.924 bits per heavy atom. The Balaban J connectivity index is 0. The first-order valence-electron chi connectivity index (χ1n) is 27.6. The molecule has 0 bridgehead atoms. The number of halogens is 2. The molecule has 5 rings (SSSR count). The fourth-order valence-electron chi connectivity index (χ4n) is 9.36. The molecule has 1 unspecified atom stereocenters. The van der Waals surface area contributed by atoms with Gasteiger partial charge in [0, 0.05) is 142 Å². The van der Waals surface area contributed by atoms with Crippen LogP contribution in [0.3, 0.4) is 0 Å². The summed E-state index contributed by atoms with van der Waals surface area (Å²) >= 11 is 0. The minimum atomic E-state index is -0.682. The van der Waals surface area contributed by atoms with E-state index in [-0.39, 0.29) is 81.8 Å². The molecule has 0 aromatic heterocycles. The number of nitrogens with two attached hydrogens (primary N) is 1. The van der Waals surface area contributed by atoms with Crippen LogP contribution in [-0.2, 0) is 20.9 Å². The van der Waals surface area contributed by atoms with E-state index < -0.39 is 11.6 Å². The van der Waals surface area contributed by atoms with Crippen molar-refractivity contribution in [2.45, 2.75) is 113 Å². The minimum Gasteiger partial charge on any atom is -0.388 e. The van der Waals surface area contributed by atoms with Crippen molar-refractivity contribution in [1.82, 2.24) is 35.1 Å². The maximum absolute atomic E-state index is 15.8. The summed E-state index contributed by atoms with van der Waals surface area (Å²) in [5, 5.41) is 5.85. The number of amides is 2. The van der Waals surface area contributed by atoms with Gasteiger partial charge in [0.05, 0.1) is 0 Å². The van der Waals surface area contributed by atoms with Crippen molar-refractivity contribution in [2.24, 2.45) is 11.7 Å². The van der Waals surface area contributed by atoms with Crippen molar-refractivity contribution < 1.29 is 79.3 Å². The molecule has 4 N–H and O–H groups in total. The first kappa shape index (κ1) is 77.0. The van der Waals surface area contributed by atoms with Gasteiger partial charge in [-0.05, 0) is 150 Å². The van der Waals surface area contributed by atoms with Gasteiger partial charge in [-0.1, -0.05) is 50.6 Å². The van der Waals surface area contributed by atoms with Crippen molar-refractivity contribution in [2.75, 3.05) is 106 Å². The number of carbonyl (C=O) groups is 4. The van der Waals surface area contributed by atoms with Gasteiger partial charge in [0.1, 0.15) is 24.2 Å². The van der Waals surface area contributed by atoms with E-state index in [1.807, 2.05) is 70.4 Å². The van der Waals surface area contributed by atoms with E-state index >= 15 is 8.78 Å². The van der Waals surface area contributed by atoms with Gasteiger partial charge in [0.25, 0.3) is 5.91 Å². The number of nitrogens with zero attached hydrogens (tertiary/aromatic N) is 6. The van der Waals surface area contributed by atoms with Gasteiger partial charge in [0.2, 0.25) is 5.91 Å². The number of benzene rings is 2. The number of likely N-dealkylation sites (N-methyl/N-ethyl adjacent to an activating group) is 1. The van der Waals surface area contributed by atoms with Crippen LogP contribution in [0, 0.1) is 38.8 Å². The van der Waals surface area contributed by atoms with E-state index in [4.69, 9.17) is 4.79 Å². The molecule has 3 aliphatic heterocycles. The molecule has 438 valence electrons. The number of nitrogens with one attached hydrogen (secondary N) is 2. The molecule has 3 heterocycles. The summed E-state index contributed by atoms with van der Waals surface area (Å²) in [7, 11) is 9.45. The molecule has 0 aliphatic carbocycles. The first-order valence-corrected chi connectivity index (χ1v) is 27.6. The van der Waals surface area contributed by atoms with Gasteiger partial charge < -0.3 is 55.0 Å². The molecule has 79 heavy (non-hydrogen) atoms. The molecule has 2 aromatic carbocycles. The zero-order valence-electron chi connectivity index (χ0n) is 51.6. The number of likely N-dealkylation sites (tertiary alicyclic amines) is 1. The number of rotatable bonds is 20. The topological polar surface area (TPSA) is 138 Å². The Labute approximate surface area is 520 Å². The van der Waals surface area contributed by atoms with Crippen molar-refractivity contribution >= 4 is 35.6 Å². The Morgan fingerprint density at radius 2 is 1.56 bits per heavy atom. The van der Waals surface area contributed by atoms with Crippen molar-refractivity contribution in [3.63, 3.8) is 0 Å². The van der Waals surface area contributed by atoms with Gasteiger partial charge in [-0.3, -0.25) is 24.3 Å². The molecule has 13 nitrogen and oxygen atoms in total. The SMILES string of the molecule is CC.CC=O.CCCN(C)c1cc(CN2CCN(CC3CCN(C(=O)c4cc(F)c(C5=CCN(C/C(C)=C/C(C)=C(/C=C\N(C)C)\C=C(/C=C\NC(C)=O)NC)CC5)c(F)c4)CC3)C(C)C2)ccc1C.CN.[CH2-]CCC=O.[CH3-].[K+]. The van der Waals surface area contributed by atoms with Crippen LogP contribution in [0.15, 0.2) is 95.5 Å². The van der Waals surface area contributed by atoms with Gasteiger partial charge >= 0.3 is 51.4 Å². The second-order valence-electron chi connectivity index (χ2n) is 19.7. The fraction of sp³-hybridized carbons (Fsp3) is 0.524. The summed E-state index contributed by atoms with van der Waals surface area (Å²) in [6, 6.07) is 9.79. The quantitative estimate of drug-likeness (QED) is 0.0529. The van der Waals surface area contributed by atoms with E-state index in [0.29, 0.717) is 63.1 Å². The molecular weight excluding hydrogens is 1020 g/mol. The summed E-state index contributed by atoms with van der Waals surface area (Å²) in [6.07, 6.45) is 19.9. The summed E-state index contributed by atoms with van der Waals surface area (Å²) < 4.78 is 31.5. The van der Waals surface area contributed by atoms with Crippen LogP contribution in [0.4, 0.5) is 14.5 Å². The van der Waals surface area contributed by atoms with Gasteiger partial charge in [-0.25, -0.2) is 8.78 Å². The number of hydrogen-bond donors (Lipinski definition) is 3. The molecule has 2 amide bonds. The molecular formula is C63H101F2KN9O4-. The second-order valence-corrected chi connectivity index (χ2v) is 19.7. The molecule has 2 saturated heterocycles. The molecule has 1 atom stereocenters. The van der Waals surface area contributed by atoms with Crippen LogP contribution in [0.25, 0.3) is 5.57 Å². The summed E-state index contributed by atoms with van der Waals surface area (Å²) in [4.78, 5) is 56.7. The largest absolute Gasteiger partial charge is 1.00 e. The Bertz CT molecular complexity index is 2280. The number of hydrogen-bond acceptors (Lipinski definition) is 11. The van der Waals surface area contributed by atoms with Gasteiger partial charge in [-0.2, -0.15) is 6.42 Å². The fourth-order valence-corrected chi connectivity index (χ4v) is 9.36. The number of carbonyl (C=O) groups excluding carboxylic acids is 4.